The minimum Gasteiger partial charge on any atom is -0.368 e. The summed E-state index contributed by atoms with van der Waals surface area (Å²) < 4.78 is 1.71. The highest BCUT2D eigenvalue weighted by Gasteiger charge is 2.29. The van der Waals surface area contributed by atoms with E-state index in [9.17, 15) is 9.59 Å². The van der Waals surface area contributed by atoms with Crippen LogP contribution in [0.1, 0.15) is 20.3 Å². The molecule has 2 atom stereocenters. The molecule has 1 N–H and O–H groups in total. The number of amides is 1. The van der Waals surface area contributed by atoms with E-state index < -0.39 is 0 Å². The van der Waals surface area contributed by atoms with Gasteiger partial charge in [0.2, 0.25) is 11.9 Å². The minimum absolute atomic E-state index is 0.0392. The number of fused-ring (bicyclic) bond motifs is 1. The maximum Gasteiger partial charge on any atom is 0.252 e. The molecule has 37 heavy (non-hydrogen) atoms. The summed E-state index contributed by atoms with van der Waals surface area (Å²) >= 11 is 0. The molecule has 0 unspecified atom stereocenters. The second kappa shape index (κ2) is 10.3. The van der Waals surface area contributed by atoms with Crippen molar-refractivity contribution in [2.24, 2.45) is 5.92 Å². The number of carbonyl (C=O) groups excluding carboxylic acids is 1. The number of nitrogens with zero attached hydrogens (tertiary/aromatic N) is 6. The first-order valence-electron chi connectivity index (χ1n) is 12.9. The van der Waals surface area contributed by atoms with E-state index in [0.717, 1.165) is 30.6 Å². The Kier molecular flexibility index (Phi) is 6.97. The molecule has 9 heteroatoms. The Balaban J connectivity index is 1.28. The van der Waals surface area contributed by atoms with Crippen LogP contribution in [0.2, 0.25) is 0 Å². The van der Waals surface area contributed by atoms with Crippen molar-refractivity contribution in [2.75, 3.05) is 43.4 Å². The van der Waals surface area contributed by atoms with E-state index in [1.54, 1.807) is 27.8 Å². The predicted octanol–water partition coefficient (Wildman–Crippen LogP) is 3.10. The summed E-state index contributed by atoms with van der Waals surface area (Å²) in [5, 5.41) is 4.11. The maximum atomic E-state index is 12.7. The van der Waals surface area contributed by atoms with E-state index >= 15 is 0 Å². The van der Waals surface area contributed by atoms with E-state index in [2.05, 4.69) is 59.7 Å². The van der Waals surface area contributed by atoms with Crippen molar-refractivity contribution in [1.82, 2.24) is 24.3 Å². The number of benzene rings is 1. The largest absolute Gasteiger partial charge is 0.368 e. The highest BCUT2D eigenvalue weighted by molar-refractivity contribution is 5.87. The lowest BCUT2D eigenvalue weighted by Gasteiger charge is -2.43. The molecule has 2 fully saturated rings. The van der Waals surface area contributed by atoms with Gasteiger partial charge in [0.1, 0.15) is 5.65 Å². The lowest BCUT2D eigenvalue weighted by molar-refractivity contribution is -0.132. The highest BCUT2D eigenvalue weighted by atomic mass is 16.2. The Hall–Kier alpha value is -3.72. The molecule has 3 aromatic rings. The van der Waals surface area contributed by atoms with E-state index in [1.165, 1.54) is 11.8 Å². The van der Waals surface area contributed by atoms with Gasteiger partial charge in [-0.05, 0) is 69.6 Å². The van der Waals surface area contributed by atoms with Gasteiger partial charge in [0.15, 0.2) is 0 Å². The fourth-order valence-corrected chi connectivity index (χ4v) is 5.22. The van der Waals surface area contributed by atoms with Crippen LogP contribution in [0.3, 0.4) is 0 Å². The molecule has 0 spiro atoms. The zero-order chi connectivity index (χ0) is 26.1. The quantitative estimate of drug-likeness (QED) is 0.498. The smallest absolute Gasteiger partial charge is 0.252 e. The summed E-state index contributed by atoms with van der Waals surface area (Å²) in [6.45, 7) is 12.0. The Labute approximate surface area is 217 Å². The molecule has 5 rings (SSSR count). The molecule has 0 radical (unpaired) electrons. The van der Waals surface area contributed by atoms with Gasteiger partial charge in [0.25, 0.3) is 5.56 Å². The molecular weight excluding hydrogens is 466 g/mol. The average Bonchev–Trinajstić information content (AvgIpc) is 2.87. The number of carbonyl (C=O) groups is 1. The number of hydrogen-bond donors (Lipinski definition) is 1. The number of hydrogen-bond acceptors (Lipinski definition) is 7. The molecule has 1 aromatic carbocycles. The molecule has 0 aliphatic carbocycles. The van der Waals surface area contributed by atoms with Crippen molar-refractivity contribution >= 4 is 34.3 Å². The van der Waals surface area contributed by atoms with Crippen LogP contribution in [0.4, 0.5) is 17.3 Å². The monoisotopic (exact) mass is 501 g/mol. The number of aromatic nitrogens is 3. The van der Waals surface area contributed by atoms with Gasteiger partial charge in [0, 0.05) is 73.8 Å². The molecule has 2 aliphatic rings. The molecule has 4 heterocycles. The lowest BCUT2D eigenvalue weighted by Crippen LogP contribution is -2.55. The topological polar surface area (TPSA) is 86.6 Å². The van der Waals surface area contributed by atoms with Crippen LogP contribution in [-0.4, -0.2) is 75.6 Å². The molecular formula is C28H35N7O2. The van der Waals surface area contributed by atoms with Gasteiger partial charge in [-0.3, -0.25) is 19.1 Å². The third kappa shape index (κ3) is 5.22. The summed E-state index contributed by atoms with van der Waals surface area (Å²) in [5.41, 5.74) is 2.62. The normalized spacial score (nSPS) is 20.6. The first-order chi connectivity index (χ1) is 17.8. The summed E-state index contributed by atoms with van der Waals surface area (Å²) in [6.07, 6.45) is 3.89. The van der Waals surface area contributed by atoms with Gasteiger partial charge in [-0.15, -0.1) is 0 Å². The van der Waals surface area contributed by atoms with Crippen LogP contribution in [0.5, 0.6) is 0 Å². The van der Waals surface area contributed by atoms with Crippen LogP contribution in [0.25, 0.3) is 11.0 Å². The van der Waals surface area contributed by atoms with Crippen molar-refractivity contribution in [3.63, 3.8) is 0 Å². The van der Waals surface area contributed by atoms with Gasteiger partial charge >= 0.3 is 0 Å². The third-order valence-electron chi connectivity index (χ3n) is 7.78. The molecule has 0 bridgehead atoms. The van der Waals surface area contributed by atoms with Crippen molar-refractivity contribution in [1.29, 1.82) is 0 Å². The Morgan fingerprint density at radius 2 is 1.78 bits per heavy atom. The fourth-order valence-electron chi connectivity index (χ4n) is 5.22. The molecule has 1 amide bonds. The van der Waals surface area contributed by atoms with Gasteiger partial charge < -0.3 is 15.1 Å². The van der Waals surface area contributed by atoms with E-state index in [4.69, 9.17) is 4.98 Å². The summed E-state index contributed by atoms with van der Waals surface area (Å²) in [6, 6.07) is 12.7. The molecule has 2 saturated heterocycles. The predicted molar refractivity (Wildman–Crippen MR) is 147 cm³/mol. The Morgan fingerprint density at radius 1 is 1.08 bits per heavy atom. The van der Waals surface area contributed by atoms with Gasteiger partial charge in [-0.2, -0.15) is 4.98 Å². The molecule has 194 valence electrons. The number of aryl methyl sites for hydroxylation is 1. The number of nitrogens with one attached hydrogen (secondary N) is 1. The molecule has 2 aliphatic heterocycles. The van der Waals surface area contributed by atoms with E-state index in [-0.39, 0.29) is 11.5 Å². The number of pyridine rings is 1. The van der Waals surface area contributed by atoms with Crippen LogP contribution >= 0.6 is 0 Å². The molecule has 0 saturated carbocycles. The Morgan fingerprint density at radius 3 is 2.46 bits per heavy atom. The highest BCUT2D eigenvalue weighted by Crippen LogP contribution is 2.25. The van der Waals surface area contributed by atoms with Crippen LogP contribution in [0.15, 0.2) is 60.0 Å². The number of rotatable bonds is 7. The third-order valence-corrected chi connectivity index (χ3v) is 7.78. The van der Waals surface area contributed by atoms with Crippen LogP contribution in [0, 0.1) is 5.92 Å². The lowest BCUT2D eigenvalue weighted by atomic mass is 9.96. The van der Waals surface area contributed by atoms with E-state index in [0.29, 0.717) is 49.2 Å². The first-order valence-corrected chi connectivity index (χ1v) is 12.9. The van der Waals surface area contributed by atoms with Crippen molar-refractivity contribution < 1.29 is 4.79 Å². The molecule has 2 aromatic heterocycles. The number of likely N-dealkylation sites (tertiary alicyclic amines) is 1. The average molecular weight is 502 g/mol. The SMILES string of the molecule is C=CC(=O)N1CC(CCn2c(=O)ccc3cnc(Nc4ccc(N5C[C@@H](C)N(C)[C@@H](C)C5)cc4)nc32)C1. The van der Waals surface area contributed by atoms with Crippen LogP contribution < -0.4 is 15.8 Å². The number of likely N-dealkylation sites (N-methyl/N-ethyl adjacent to an activating group) is 1. The van der Waals surface area contributed by atoms with Gasteiger partial charge in [0.05, 0.1) is 0 Å². The summed E-state index contributed by atoms with van der Waals surface area (Å²) in [4.78, 5) is 40.2. The van der Waals surface area contributed by atoms with Gasteiger partial charge in [-0.25, -0.2) is 4.98 Å². The number of piperazine rings is 1. The standard InChI is InChI=1S/C28H35N7O2/c1-5-25(36)34-17-21(18-34)12-13-35-26(37)11-6-22-14-29-28(31-27(22)35)30-23-7-9-24(10-8-23)33-15-19(2)32(4)20(3)16-33/h5-11,14,19-21H,1,12-13,15-18H2,2-4H3,(H,29,30,31)/t19-,20+. The Bertz CT molecular complexity index is 1330. The fraction of sp³-hybridized carbons (Fsp3) is 0.429. The summed E-state index contributed by atoms with van der Waals surface area (Å²) in [5.74, 6) is 0.783. The second-order valence-corrected chi connectivity index (χ2v) is 10.3. The first kappa shape index (κ1) is 25.0. The van der Waals surface area contributed by atoms with E-state index in [1.807, 2.05) is 12.1 Å². The summed E-state index contributed by atoms with van der Waals surface area (Å²) in [7, 11) is 2.19. The van der Waals surface area contributed by atoms with Crippen molar-refractivity contribution in [3.8, 4) is 0 Å². The number of anilines is 3. The van der Waals surface area contributed by atoms with Crippen LogP contribution in [-0.2, 0) is 11.3 Å². The van der Waals surface area contributed by atoms with Gasteiger partial charge in [-0.1, -0.05) is 6.58 Å². The second-order valence-electron chi connectivity index (χ2n) is 10.3. The maximum absolute atomic E-state index is 12.7. The van der Waals surface area contributed by atoms with Crippen molar-refractivity contribution in [2.45, 2.75) is 38.9 Å². The zero-order valence-corrected chi connectivity index (χ0v) is 21.8. The van der Waals surface area contributed by atoms with Crippen molar-refractivity contribution in [3.05, 3.63) is 65.6 Å². The minimum atomic E-state index is -0.0875. The molecule has 9 nitrogen and oxygen atoms in total. The zero-order valence-electron chi connectivity index (χ0n) is 21.8.